The number of pyridine rings is 1. The van der Waals surface area contributed by atoms with Gasteiger partial charge in [0.15, 0.2) is 0 Å². The molecule has 0 aliphatic carbocycles. The monoisotopic (exact) mass is 324 g/mol. The fraction of sp³-hybridized carbons (Fsp3) is 0.312. The number of methoxy groups -OCH3 is 1. The summed E-state index contributed by atoms with van der Waals surface area (Å²) in [7, 11) is 1.47. The van der Waals surface area contributed by atoms with E-state index in [1.807, 2.05) is 6.07 Å². The summed E-state index contributed by atoms with van der Waals surface area (Å²) in [4.78, 5) is 28.6. The number of carbonyl (C=O) groups excluding carboxylic acids is 1. The Morgan fingerprint density at radius 2 is 2.00 bits per heavy atom. The minimum Gasteiger partial charge on any atom is -0.467 e. The summed E-state index contributed by atoms with van der Waals surface area (Å²) in [5.74, 6) is 0.674. The maximum Gasteiger partial charge on any atom is 0.316 e. The molecule has 8 heteroatoms. The third kappa shape index (κ3) is 3.25. The molecule has 24 heavy (non-hydrogen) atoms. The first-order valence-electron chi connectivity index (χ1n) is 7.48. The molecule has 2 aromatic rings. The fourth-order valence-corrected chi connectivity index (χ4v) is 2.50. The molecule has 0 spiro atoms. The van der Waals surface area contributed by atoms with E-state index in [4.69, 9.17) is 10.00 Å². The molecule has 1 amide bonds. The number of nitrogens with zero attached hydrogens (tertiary/aromatic N) is 6. The maximum atomic E-state index is 12.5. The average Bonchev–Trinajstić information content (AvgIpc) is 2.67. The predicted octanol–water partition coefficient (Wildman–Crippen LogP) is 0.714. The lowest BCUT2D eigenvalue weighted by Crippen LogP contribution is -2.49. The van der Waals surface area contributed by atoms with Crippen LogP contribution in [0, 0.1) is 11.3 Å². The van der Waals surface area contributed by atoms with Gasteiger partial charge in [0, 0.05) is 38.6 Å². The highest BCUT2D eigenvalue weighted by Gasteiger charge is 2.24. The minimum atomic E-state index is -0.136. The van der Waals surface area contributed by atoms with Gasteiger partial charge in [-0.2, -0.15) is 10.2 Å². The first kappa shape index (κ1) is 15.7. The van der Waals surface area contributed by atoms with Gasteiger partial charge < -0.3 is 14.5 Å². The Hall–Kier alpha value is -3.21. The van der Waals surface area contributed by atoms with Crippen molar-refractivity contribution in [3.8, 4) is 12.1 Å². The number of ether oxygens (including phenoxy) is 1. The van der Waals surface area contributed by atoms with Crippen LogP contribution in [0.4, 0.5) is 5.82 Å². The van der Waals surface area contributed by atoms with Gasteiger partial charge in [-0.3, -0.25) is 4.79 Å². The van der Waals surface area contributed by atoms with Gasteiger partial charge in [0.2, 0.25) is 0 Å². The number of hydrogen-bond acceptors (Lipinski definition) is 7. The standard InChI is InChI=1S/C16H16N6O2/c1-24-16-18-5-4-13(20-16)15(23)22-8-6-21(7-9-22)14-3-2-12(10-17)11-19-14/h2-5,11H,6-9H2,1H3. The van der Waals surface area contributed by atoms with Crippen molar-refractivity contribution in [2.24, 2.45) is 0 Å². The van der Waals surface area contributed by atoms with Gasteiger partial charge in [0.1, 0.15) is 17.6 Å². The van der Waals surface area contributed by atoms with Crippen molar-refractivity contribution < 1.29 is 9.53 Å². The average molecular weight is 324 g/mol. The third-order valence-electron chi connectivity index (χ3n) is 3.80. The largest absolute Gasteiger partial charge is 0.467 e. The van der Waals surface area contributed by atoms with Crippen LogP contribution in [0.25, 0.3) is 0 Å². The molecule has 0 radical (unpaired) electrons. The van der Waals surface area contributed by atoms with Gasteiger partial charge in [-0.25, -0.2) is 9.97 Å². The highest BCUT2D eigenvalue weighted by molar-refractivity contribution is 5.92. The number of piperazine rings is 1. The Bertz CT molecular complexity index is 763. The fourth-order valence-electron chi connectivity index (χ4n) is 2.50. The predicted molar refractivity (Wildman–Crippen MR) is 85.7 cm³/mol. The topological polar surface area (TPSA) is 95.2 Å². The number of rotatable bonds is 3. The molecule has 122 valence electrons. The van der Waals surface area contributed by atoms with Gasteiger partial charge in [0.05, 0.1) is 12.7 Å². The summed E-state index contributed by atoms with van der Waals surface area (Å²) >= 11 is 0. The van der Waals surface area contributed by atoms with Crippen LogP contribution in [-0.4, -0.2) is 59.0 Å². The Morgan fingerprint density at radius 3 is 2.62 bits per heavy atom. The summed E-state index contributed by atoms with van der Waals surface area (Å²) in [6.45, 7) is 2.50. The Morgan fingerprint density at radius 1 is 1.21 bits per heavy atom. The molecule has 2 aromatic heterocycles. The van der Waals surface area contributed by atoms with Crippen LogP contribution in [0.3, 0.4) is 0 Å². The van der Waals surface area contributed by atoms with Crippen LogP contribution in [0.5, 0.6) is 6.01 Å². The van der Waals surface area contributed by atoms with Crippen LogP contribution in [0.1, 0.15) is 16.1 Å². The van der Waals surface area contributed by atoms with Crippen molar-refractivity contribution >= 4 is 11.7 Å². The molecule has 8 nitrogen and oxygen atoms in total. The van der Waals surface area contributed by atoms with Crippen LogP contribution in [-0.2, 0) is 0 Å². The Kier molecular flexibility index (Phi) is 4.52. The highest BCUT2D eigenvalue weighted by atomic mass is 16.5. The van der Waals surface area contributed by atoms with Crippen molar-refractivity contribution in [3.05, 3.63) is 41.9 Å². The molecule has 1 fully saturated rings. The molecule has 1 aliphatic heterocycles. The summed E-state index contributed by atoms with van der Waals surface area (Å²) in [6.07, 6.45) is 3.07. The van der Waals surface area contributed by atoms with Crippen LogP contribution in [0.15, 0.2) is 30.6 Å². The lowest BCUT2D eigenvalue weighted by molar-refractivity contribution is 0.0739. The molecule has 0 N–H and O–H groups in total. The Labute approximate surface area is 139 Å². The van der Waals surface area contributed by atoms with E-state index in [0.29, 0.717) is 37.4 Å². The van der Waals surface area contributed by atoms with Gasteiger partial charge in [-0.05, 0) is 18.2 Å². The second kappa shape index (κ2) is 6.91. The number of carbonyl (C=O) groups is 1. The molecule has 1 aliphatic rings. The van der Waals surface area contributed by atoms with E-state index in [1.165, 1.54) is 13.3 Å². The number of hydrogen-bond donors (Lipinski definition) is 0. The molecule has 1 saturated heterocycles. The maximum absolute atomic E-state index is 12.5. The van der Waals surface area contributed by atoms with E-state index >= 15 is 0 Å². The first-order chi connectivity index (χ1) is 11.7. The van der Waals surface area contributed by atoms with Crippen molar-refractivity contribution in [2.45, 2.75) is 0 Å². The zero-order valence-corrected chi connectivity index (χ0v) is 13.2. The lowest BCUT2D eigenvalue weighted by atomic mass is 10.2. The van der Waals surface area contributed by atoms with Gasteiger partial charge in [-0.1, -0.05) is 0 Å². The summed E-state index contributed by atoms with van der Waals surface area (Å²) in [5.41, 5.74) is 0.858. The van der Waals surface area contributed by atoms with E-state index in [0.717, 1.165) is 5.82 Å². The molecule has 0 atom stereocenters. The number of amides is 1. The molecule has 0 unspecified atom stereocenters. The van der Waals surface area contributed by atoms with Gasteiger partial charge in [0.25, 0.3) is 5.91 Å². The molecule has 0 saturated carbocycles. The van der Waals surface area contributed by atoms with Crippen molar-refractivity contribution in [2.75, 3.05) is 38.2 Å². The van der Waals surface area contributed by atoms with Gasteiger partial charge >= 0.3 is 6.01 Å². The zero-order chi connectivity index (χ0) is 16.9. The molecular formula is C16H16N6O2. The SMILES string of the molecule is COc1nccc(C(=O)N2CCN(c3ccc(C#N)cn3)CC2)n1. The molecule has 0 aromatic carbocycles. The number of aromatic nitrogens is 3. The van der Waals surface area contributed by atoms with E-state index in [-0.39, 0.29) is 11.9 Å². The van der Waals surface area contributed by atoms with E-state index in [1.54, 1.807) is 23.2 Å². The van der Waals surface area contributed by atoms with Gasteiger partial charge in [-0.15, -0.1) is 0 Å². The van der Waals surface area contributed by atoms with E-state index < -0.39 is 0 Å². The summed E-state index contributed by atoms with van der Waals surface area (Å²) < 4.78 is 4.95. The molecular weight excluding hydrogens is 308 g/mol. The molecule has 3 heterocycles. The highest BCUT2D eigenvalue weighted by Crippen LogP contribution is 2.15. The summed E-state index contributed by atoms with van der Waals surface area (Å²) in [5, 5.41) is 8.81. The van der Waals surface area contributed by atoms with Crippen LogP contribution in [0.2, 0.25) is 0 Å². The van der Waals surface area contributed by atoms with Crippen molar-refractivity contribution in [1.29, 1.82) is 5.26 Å². The van der Waals surface area contributed by atoms with E-state index in [9.17, 15) is 4.79 Å². The minimum absolute atomic E-state index is 0.136. The quantitative estimate of drug-likeness (QED) is 0.820. The zero-order valence-electron chi connectivity index (χ0n) is 13.2. The summed E-state index contributed by atoms with van der Waals surface area (Å²) in [6, 6.07) is 7.38. The smallest absolute Gasteiger partial charge is 0.316 e. The lowest BCUT2D eigenvalue weighted by Gasteiger charge is -2.35. The van der Waals surface area contributed by atoms with Crippen LogP contribution < -0.4 is 9.64 Å². The molecule has 3 rings (SSSR count). The number of anilines is 1. The second-order valence-electron chi connectivity index (χ2n) is 5.22. The normalized spacial score (nSPS) is 14.2. The first-order valence-corrected chi connectivity index (χ1v) is 7.48. The number of nitriles is 1. The Balaban J connectivity index is 1.63. The van der Waals surface area contributed by atoms with Crippen molar-refractivity contribution in [1.82, 2.24) is 19.9 Å². The van der Waals surface area contributed by atoms with E-state index in [2.05, 4.69) is 25.9 Å². The molecule has 0 bridgehead atoms. The van der Waals surface area contributed by atoms with Crippen molar-refractivity contribution in [3.63, 3.8) is 0 Å². The third-order valence-corrected chi connectivity index (χ3v) is 3.80. The second-order valence-corrected chi connectivity index (χ2v) is 5.22. The van der Waals surface area contributed by atoms with Crippen LogP contribution >= 0.6 is 0 Å².